The van der Waals surface area contributed by atoms with Crippen molar-refractivity contribution in [3.8, 4) is 45.3 Å². The molecule has 0 unspecified atom stereocenters. The number of hydrogen-bond acceptors (Lipinski definition) is 2. The molecule has 280 valence electrons. The van der Waals surface area contributed by atoms with E-state index in [2.05, 4.69) is 191 Å². The van der Waals surface area contributed by atoms with Crippen LogP contribution in [0, 0.1) is 0 Å². The van der Waals surface area contributed by atoms with Gasteiger partial charge in [-0.2, -0.15) is 0 Å². The van der Waals surface area contributed by atoms with Crippen LogP contribution in [0.2, 0.25) is 0 Å². The van der Waals surface area contributed by atoms with Gasteiger partial charge in [0.25, 0.3) is 0 Å². The fourth-order valence-corrected chi connectivity index (χ4v) is 8.86. The van der Waals surface area contributed by atoms with Crippen LogP contribution in [0.25, 0.3) is 88.9 Å². The SMILES string of the molecule is c1ccc(-c2cc(-c3cccc(CCCc4ccc5c(c4)c4ccccc4n5-c4ccc5c(c4)c4ccccc4n5-c4ccccc4)c3)nc(-c3ccccc3)n2)cc1. The molecule has 11 rings (SSSR count). The standard InChI is InChI=1S/C55H40N4/c1-4-19-40(20-5-1)49-37-50(57-55(56-49)41-21-6-2-7-22-41)42-23-15-18-38(34-42)16-14-17-39-30-32-53-47(35-39)45-26-10-13-29-52(45)59(53)44-31-33-54-48(36-44)46-27-11-12-28-51(46)58(54)43-24-8-3-9-25-43/h1-13,15,18-37H,14,16-17H2. The number of aromatic nitrogens is 4. The van der Waals surface area contributed by atoms with Gasteiger partial charge in [0.15, 0.2) is 5.82 Å². The molecular formula is C55H40N4. The molecule has 0 saturated heterocycles. The Morgan fingerprint density at radius 3 is 1.53 bits per heavy atom. The topological polar surface area (TPSA) is 35.6 Å². The molecule has 0 spiro atoms. The van der Waals surface area contributed by atoms with Gasteiger partial charge in [-0.15, -0.1) is 0 Å². The third-order valence-corrected chi connectivity index (χ3v) is 11.6. The molecule has 0 aliphatic heterocycles. The van der Waals surface area contributed by atoms with E-state index in [1.54, 1.807) is 0 Å². The highest BCUT2D eigenvalue weighted by Gasteiger charge is 2.17. The van der Waals surface area contributed by atoms with E-state index in [1.807, 2.05) is 24.3 Å². The lowest BCUT2D eigenvalue weighted by molar-refractivity contribution is 0.822. The smallest absolute Gasteiger partial charge is 0.160 e. The number of hydrogen-bond donors (Lipinski definition) is 0. The van der Waals surface area contributed by atoms with Gasteiger partial charge in [0.05, 0.1) is 33.5 Å². The minimum absolute atomic E-state index is 0.736. The zero-order valence-electron chi connectivity index (χ0n) is 32.5. The van der Waals surface area contributed by atoms with E-state index in [0.29, 0.717) is 0 Å². The summed E-state index contributed by atoms with van der Waals surface area (Å²) in [5.74, 6) is 0.736. The van der Waals surface area contributed by atoms with E-state index in [-0.39, 0.29) is 0 Å². The quantitative estimate of drug-likeness (QED) is 0.147. The molecule has 3 aromatic heterocycles. The minimum atomic E-state index is 0.736. The third-order valence-electron chi connectivity index (χ3n) is 11.6. The Kier molecular flexibility index (Phi) is 8.66. The summed E-state index contributed by atoms with van der Waals surface area (Å²) in [6.07, 6.45) is 3.02. The van der Waals surface area contributed by atoms with Gasteiger partial charge in [0, 0.05) is 49.6 Å². The summed E-state index contributed by atoms with van der Waals surface area (Å²) in [6, 6.07) is 73.9. The first-order valence-electron chi connectivity index (χ1n) is 20.5. The molecule has 0 fully saturated rings. The van der Waals surface area contributed by atoms with Crippen molar-refractivity contribution < 1.29 is 0 Å². The molecule has 0 atom stereocenters. The second kappa shape index (κ2) is 14.7. The third kappa shape index (κ3) is 6.36. The summed E-state index contributed by atoms with van der Waals surface area (Å²) >= 11 is 0. The minimum Gasteiger partial charge on any atom is -0.309 e. The number of rotatable bonds is 9. The Bertz CT molecular complexity index is 3230. The van der Waals surface area contributed by atoms with Crippen molar-refractivity contribution in [2.24, 2.45) is 0 Å². The first-order valence-corrected chi connectivity index (χ1v) is 20.5. The zero-order valence-corrected chi connectivity index (χ0v) is 32.5. The molecule has 59 heavy (non-hydrogen) atoms. The van der Waals surface area contributed by atoms with Crippen molar-refractivity contribution in [1.82, 2.24) is 19.1 Å². The molecule has 0 bridgehead atoms. The number of aryl methyl sites for hydroxylation is 2. The van der Waals surface area contributed by atoms with E-state index in [9.17, 15) is 0 Å². The van der Waals surface area contributed by atoms with Gasteiger partial charge in [0.2, 0.25) is 0 Å². The summed E-state index contributed by atoms with van der Waals surface area (Å²) in [5, 5.41) is 5.08. The fourth-order valence-electron chi connectivity index (χ4n) is 8.86. The Balaban J connectivity index is 0.894. The summed E-state index contributed by atoms with van der Waals surface area (Å²) in [5.41, 5.74) is 14.9. The summed E-state index contributed by atoms with van der Waals surface area (Å²) in [6.45, 7) is 0. The zero-order chi connectivity index (χ0) is 39.1. The lowest BCUT2D eigenvalue weighted by atomic mass is 9.99. The van der Waals surface area contributed by atoms with Crippen LogP contribution in [-0.4, -0.2) is 19.1 Å². The highest BCUT2D eigenvalue weighted by Crippen LogP contribution is 2.37. The molecule has 0 radical (unpaired) electrons. The van der Waals surface area contributed by atoms with Gasteiger partial charge < -0.3 is 9.13 Å². The largest absolute Gasteiger partial charge is 0.309 e. The molecular weight excluding hydrogens is 717 g/mol. The summed E-state index contributed by atoms with van der Waals surface area (Å²) in [4.78, 5) is 10.1. The van der Waals surface area contributed by atoms with Crippen molar-refractivity contribution in [3.63, 3.8) is 0 Å². The summed E-state index contributed by atoms with van der Waals surface area (Å²) in [7, 11) is 0. The first-order chi connectivity index (χ1) is 29.2. The molecule has 3 heterocycles. The molecule has 0 N–H and O–H groups in total. The number of benzene rings is 8. The molecule has 4 heteroatoms. The van der Waals surface area contributed by atoms with E-state index in [0.717, 1.165) is 53.2 Å². The Labute approximate surface area is 343 Å². The predicted octanol–water partition coefficient (Wildman–Crippen LogP) is 13.8. The average molecular weight is 757 g/mol. The average Bonchev–Trinajstić information content (AvgIpc) is 3.82. The maximum absolute atomic E-state index is 5.07. The highest BCUT2D eigenvalue weighted by atomic mass is 15.0. The predicted molar refractivity (Wildman–Crippen MR) is 245 cm³/mol. The van der Waals surface area contributed by atoms with Crippen LogP contribution in [-0.2, 0) is 12.8 Å². The highest BCUT2D eigenvalue weighted by molar-refractivity contribution is 6.12. The fraction of sp³-hybridized carbons (Fsp3) is 0.0545. The van der Waals surface area contributed by atoms with Crippen molar-refractivity contribution >= 4 is 43.6 Å². The van der Waals surface area contributed by atoms with Gasteiger partial charge in [-0.05, 0) is 97.1 Å². The van der Waals surface area contributed by atoms with Gasteiger partial charge in [-0.3, -0.25) is 0 Å². The van der Waals surface area contributed by atoms with Crippen LogP contribution in [0.1, 0.15) is 17.5 Å². The molecule has 11 aromatic rings. The van der Waals surface area contributed by atoms with E-state index >= 15 is 0 Å². The second-order valence-electron chi connectivity index (χ2n) is 15.3. The van der Waals surface area contributed by atoms with Gasteiger partial charge in [-0.25, -0.2) is 9.97 Å². The Hall–Kier alpha value is -7.56. The summed E-state index contributed by atoms with van der Waals surface area (Å²) < 4.78 is 4.82. The number of fused-ring (bicyclic) bond motifs is 6. The normalized spacial score (nSPS) is 11.6. The van der Waals surface area contributed by atoms with Gasteiger partial charge in [0.1, 0.15) is 0 Å². The van der Waals surface area contributed by atoms with Gasteiger partial charge in [-0.1, -0.05) is 140 Å². The molecule has 8 aromatic carbocycles. The second-order valence-corrected chi connectivity index (χ2v) is 15.3. The van der Waals surface area contributed by atoms with Crippen LogP contribution in [0.4, 0.5) is 0 Å². The Morgan fingerprint density at radius 1 is 0.322 bits per heavy atom. The van der Waals surface area contributed by atoms with E-state index < -0.39 is 0 Å². The van der Waals surface area contributed by atoms with Gasteiger partial charge >= 0.3 is 0 Å². The van der Waals surface area contributed by atoms with Crippen LogP contribution in [0.5, 0.6) is 0 Å². The molecule has 0 amide bonds. The number of para-hydroxylation sites is 3. The van der Waals surface area contributed by atoms with Crippen molar-refractivity contribution in [2.45, 2.75) is 19.3 Å². The maximum Gasteiger partial charge on any atom is 0.160 e. The van der Waals surface area contributed by atoms with Crippen LogP contribution in [0.15, 0.2) is 206 Å². The maximum atomic E-state index is 5.07. The number of nitrogens with zero attached hydrogens (tertiary/aromatic N) is 4. The van der Waals surface area contributed by atoms with Crippen LogP contribution < -0.4 is 0 Å². The van der Waals surface area contributed by atoms with Crippen molar-refractivity contribution in [1.29, 1.82) is 0 Å². The van der Waals surface area contributed by atoms with Crippen LogP contribution >= 0.6 is 0 Å². The van der Waals surface area contributed by atoms with E-state index in [4.69, 9.17) is 9.97 Å². The lowest BCUT2D eigenvalue weighted by Gasteiger charge is -2.11. The monoisotopic (exact) mass is 756 g/mol. The van der Waals surface area contributed by atoms with Crippen molar-refractivity contribution in [2.75, 3.05) is 0 Å². The van der Waals surface area contributed by atoms with Crippen LogP contribution in [0.3, 0.4) is 0 Å². The first kappa shape index (κ1) is 34.7. The molecule has 0 aliphatic rings. The van der Waals surface area contributed by atoms with Crippen molar-refractivity contribution in [3.05, 3.63) is 217 Å². The molecule has 0 aliphatic carbocycles. The molecule has 4 nitrogen and oxygen atoms in total. The Morgan fingerprint density at radius 2 is 0.831 bits per heavy atom. The molecule has 0 saturated carbocycles. The van der Waals surface area contributed by atoms with E-state index in [1.165, 1.54) is 66.1 Å². The lowest BCUT2D eigenvalue weighted by Crippen LogP contribution is -1.97.